The first-order chi connectivity index (χ1) is 22.3. The summed E-state index contributed by atoms with van der Waals surface area (Å²) in [6, 6.07) is 28.5. The van der Waals surface area contributed by atoms with E-state index in [0.29, 0.717) is 5.75 Å². The van der Waals surface area contributed by atoms with Crippen LogP contribution in [0.2, 0.25) is 0 Å². The van der Waals surface area contributed by atoms with Crippen molar-refractivity contribution in [2.75, 3.05) is 32.8 Å². The van der Waals surface area contributed by atoms with E-state index in [1.54, 1.807) is 35.0 Å². The average Bonchev–Trinajstić information content (AvgIpc) is 3.09. The van der Waals surface area contributed by atoms with Crippen LogP contribution in [-0.2, 0) is 14.4 Å². The summed E-state index contributed by atoms with van der Waals surface area (Å²) in [6.45, 7) is 3.93. The largest absolute Gasteiger partial charge is 0.491 e. The molecule has 0 radical (unpaired) electrons. The molecule has 0 spiro atoms. The van der Waals surface area contributed by atoms with Gasteiger partial charge in [-0.2, -0.15) is 0 Å². The second-order valence-electron chi connectivity index (χ2n) is 11.0. The summed E-state index contributed by atoms with van der Waals surface area (Å²) in [4.78, 5) is 51.8. The van der Waals surface area contributed by atoms with Gasteiger partial charge in [0.05, 0.1) is 37.7 Å². The Balaban J connectivity index is 1.35. The molecular formula is C36H36IN5O4. The van der Waals surface area contributed by atoms with E-state index in [2.05, 4.69) is 15.3 Å². The Morgan fingerprint density at radius 1 is 0.804 bits per heavy atom. The number of aromatic nitrogens is 2. The van der Waals surface area contributed by atoms with E-state index in [4.69, 9.17) is 4.74 Å². The maximum atomic E-state index is 13.8. The van der Waals surface area contributed by atoms with Crippen molar-refractivity contribution in [3.8, 4) is 5.75 Å². The number of benzene rings is 3. The SMILES string of the molecule is C[C@H](NCC(=O)N(CCOc1cc2cccnc2c2ncccc12)CC(=O)N(CC(=O)I)[C@@H](C)c1ccccc1)c1ccccc1. The van der Waals surface area contributed by atoms with Crippen LogP contribution in [0.3, 0.4) is 0 Å². The highest BCUT2D eigenvalue weighted by molar-refractivity contribution is 14.1. The molecule has 0 saturated heterocycles. The van der Waals surface area contributed by atoms with Gasteiger partial charge in [-0.05, 0) is 49.2 Å². The van der Waals surface area contributed by atoms with E-state index >= 15 is 0 Å². The zero-order valence-corrected chi connectivity index (χ0v) is 28.0. The highest BCUT2D eigenvalue weighted by atomic mass is 127. The fourth-order valence-electron chi connectivity index (χ4n) is 5.37. The minimum absolute atomic E-state index is 0.0251. The van der Waals surface area contributed by atoms with Gasteiger partial charge in [0.25, 0.3) is 0 Å². The number of hydrogen-bond donors (Lipinski definition) is 1. The van der Waals surface area contributed by atoms with Crippen molar-refractivity contribution in [2.45, 2.75) is 25.9 Å². The van der Waals surface area contributed by atoms with Crippen molar-refractivity contribution in [3.05, 3.63) is 115 Å². The fraction of sp³-hybridized carbons (Fsp3) is 0.250. The highest BCUT2D eigenvalue weighted by Gasteiger charge is 2.27. The smallest absolute Gasteiger partial charge is 0.243 e. The van der Waals surface area contributed by atoms with E-state index in [0.717, 1.165) is 32.9 Å². The Kier molecular flexibility index (Phi) is 11.3. The lowest BCUT2D eigenvalue weighted by Crippen LogP contribution is -2.48. The van der Waals surface area contributed by atoms with Gasteiger partial charge in [-0.3, -0.25) is 24.4 Å². The van der Waals surface area contributed by atoms with Crippen LogP contribution in [0.15, 0.2) is 103 Å². The Hall–Kier alpha value is -4.42. The number of rotatable bonds is 14. The Morgan fingerprint density at radius 2 is 1.46 bits per heavy atom. The number of halogens is 1. The first-order valence-corrected chi connectivity index (χ1v) is 16.2. The van der Waals surface area contributed by atoms with Crippen molar-refractivity contribution >= 4 is 60.0 Å². The van der Waals surface area contributed by atoms with Gasteiger partial charge in [0.2, 0.25) is 15.6 Å². The molecule has 5 aromatic rings. The fourth-order valence-corrected chi connectivity index (χ4v) is 5.74. The molecule has 2 atom stereocenters. The van der Waals surface area contributed by atoms with Crippen LogP contribution in [0.1, 0.15) is 37.1 Å². The van der Waals surface area contributed by atoms with Crippen LogP contribution in [0.4, 0.5) is 0 Å². The van der Waals surface area contributed by atoms with E-state index in [1.807, 2.05) is 105 Å². The number of nitrogens with one attached hydrogen (secondary N) is 1. The standard InChI is InChI=1S/C36H36IN5O4/c1-25(27-11-5-3-6-12-27)40-22-33(44)41(24-34(45)42(23-32(37)43)26(2)28-13-7-4-8-14-28)19-20-46-31-21-29-15-9-17-38-35(29)36-30(31)16-10-18-39-36/h3-18,21,25-26,40H,19-20,22-24H2,1-2H3/t25-,26-/m0/s1. The predicted molar refractivity (Wildman–Crippen MR) is 188 cm³/mol. The average molecular weight is 730 g/mol. The van der Waals surface area contributed by atoms with Gasteiger partial charge in [-0.15, -0.1) is 0 Å². The summed E-state index contributed by atoms with van der Waals surface area (Å²) in [5.41, 5.74) is 3.46. The molecule has 10 heteroatoms. The van der Waals surface area contributed by atoms with Crippen LogP contribution >= 0.6 is 22.6 Å². The van der Waals surface area contributed by atoms with Gasteiger partial charge in [-0.1, -0.05) is 66.7 Å². The molecule has 2 heterocycles. The summed E-state index contributed by atoms with van der Waals surface area (Å²) >= 11 is 1.71. The molecule has 3 aromatic carbocycles. The quantitative estimate of drug-likeness (QED) is 0.0864. The summed E-state index contributed by atoms with van der Waals surface area (Å²) < 4.78 is 6.10. The van der Waals surface area contributed by atoms with Crippen molar-refractivity contribution in [1.82, 2.24) is 25.1 Å². The third-order valence-electron chi connectivity index (χ3n) is 7.94. The Bertz CT molecular complexity index is 1800. The minimum Gasteiger partial charge on any atom is -0.491 e. The second kappa shape index (κ2) is 15.7. The molecule has 0 saturated carbocycles. The van der Waals surface area contributed by atoms with Gasteiger partial charge >= 0.3 is 0 Å². The van der Waals surface area contributed by atoms with Gasteiger partial charge in [0, 0.05) is 51.8 Å². The Labute approximate surface area is 282 Å². The molecule has 2 aromatic heterocycles. The van der Waals surface area contributed by atoms with Crippen molar-refractivity contribution in [3.63, 3.8) is 0 Å². The minimum atomic E-state index is -0.359. The molecule has 0 bridgehead atoms. The van der Waals surface area contributed by atoms with Crippen LogP contribution < -0.4 is 10.1 Å². The zero-order valence-electron chi connectivity index (χ0n) is 25.8. The molecule has 0 aliphatic rings. The normalized spacial score (nSPS) is 12.4. The maximum absolute atomic E-state index is 13.8. The molecular weight excluding hydrogens is 693 g/mol. The number of hydrogen-bond acceptors (Lipinski definition) is 7. The van der Waals surface area contributed by atoms with Crippen LogP contribution in [0, 0.1) is 0 Å². The number of fused-ring (bicyclic) bond motifs is 3. The molecule has 46 heavy (non-hydrogen) atoms. The zero-order chi connectivity index (χ0) is 32.5. The first kappa shape index (κ1) is 33.0. The summed E-state index contributed by atoms with van der Waals surface area (Å²) in [7, 11) is 0. The Morgan fingerprint density at radius 3 is 2.15 bits per heavy atom. The first-order valence-electron chi connectivity index (χ1n) is 15.2. The third kappa shape index (κ3) is 8.24. The predicted octanol–water partition coefficient (Wildman–Crippen LogP) is 5.89. The van der Waals surface area contributed by atoms with Crippen LogP contribution in [0.5, 0.6) is 5.75 Å². The molecule has 0 fully saturated rings. The molecule has 236 valence electrons. The molecule has 1 N–H and O–H groups in total. The molecule has 0 aliphatic heterocycles. The van der Waals surface area contributed by atoms with E-state index in [9.17, 15) is 14.4 Å². The van der Waals surface area contributed by atoms with E-state index < -0.39 is 0 Å². The molecule has 0 aliphatic carbocycles. The molecule has 5 rings (SSSR count). The number of amides is 2. The summed E-state index contributed by atoms with van der Waals surface area (Å²) in [5, 5.41) is 4.99. The summed E-state index contributed by atoms with van der Waals surface area (Å²) in [6.07, 6.45) is 3.45. The maximum Gasteiger partial charge on any atom is 0.243 e. The lowest BCUT2D eigenvalue weighted by molar-refractivity contribution is -0.142. The number of carbonyl (C=O) groups excluding carboxylic acids is 3. The van der Waals surface area contributed by atoms with Gasteiger partial charge in [0.1, 0.15) is 17.9 Å². The third-order valence-corrected chi connectivity index (χ3v) is 8.29. The number of nitrogens with zero attached hydrogens (tertiary/aromatic N) is 4. The van der Waals surface area contributed by atoms with E-state index in [-0.39, 0.29) is 60.5 Å². The highest BCUT2D eigenvalue weighted by Crippen LogP contribution is 2.31. The number of carbonyl (C=O) groups is 3. The molecule has 0 unspecified atom stereocenters. The number of pyridine rings is 2. The van der Waals surface area contributed by atoms with Gasteiger partial charge < -0.3 is 19.9 Å². The second-order valence-corrected chi connectivity index (χ2v) is 12.2. The summed E-state index contributed by atoms with van der Waals surface area (Å²) in [5.74, 6) is 0.0484. The molecule has 9 nitrogen and oxygen atoms in total. The lowest BCUT2D eigenvalue weighted by atomic mass is 10.1. The van der Waals surface area contributed by atoms with Gasteiger partial charge in [-0.25, -0.2) is 0 Å². The topological polar surface area (TPSA) is 105 Å². The van der Waals surface area contributed by atoms with Crippen molar-refractivity contribution in [1.29, 1.82) is 0 Å². The van der Waals surface area contributed by atoms with Crippen LogP contribution in [-0.4, -0.2) is 68.2 Å². The van der Waals surface area contributed by atoms with Crippen LogP contribution in [0.25, 0.3) is 21.8 Å². The van der Waals surface area contributed by atoms with Crippen molar-refractivity contribution < 1.29 is 19.1 Å². The number of ether oxygens (including phenoxy) is 1. The molecule has 2 amide bonds. The van der Waals surface area contributed by atoms with Crippen molar-refractivity contribution in [2.24, 2.45) is 0 Å². The van der Waals surface area contributed by atoms with E-state index in [1.165, 1.54) is 9.80 Å². The van der Waals surface area contributed by atoms with Gasteiger partial charge in [0.15, 0.2) is 0 Å². The lowest BCUT2D eigenvalue weighted by Gasteiger charge is -2.31. The monoisotopic (exact) mass is 729 g/mol.